The van der Waals surface area contributed by atoms with Crippen molar-refractivity contribution in [3.8, 4) is 0 Å². The van der Waals surface area contributed by atoms with Crippen LogP contribution in [0.25, 0.3) is 0 Å². The number of esters is 1. The summed E-state index contributed by atoms with van der Waals surface area (Å²) in [6.45, 7) is 3.34. The molecule has 25 heavy (non-hydrogen) atoms. The second kappa shape index (κ2) is 6.88. The topological polar surface area (TPSA) is 106 Å². The number of imide groups is 2. The average molecular weight is 349 g/mol. The number of amides is 4. The van der Waals surface area contributed by atoms with Gasteiger partial charge in [-0.15, -0.1) is 0 Å². The molecule has 1 aromatic heterocycles. The number of rotatable bonds is 6. The number of ether oxygens (including phenoxy) is 1. The van der Waals surface area contributed by atoms with Gasteiger partial charge in [-0.25, -0.2) is 9.69 Å². The maximum absolute atomic E-state index is 12.5. The van der Waals surface area contributed by atoms with E-state index in [1.165, 1.54) is 14.2 Å². The fraction of sp³-hybridized carbons (Fsp3) is 0.438. The smallest absolute Gasteiger partial charge is 0.334 e. The standard InChI is InChI=1S/C16H19N3O6/c1-9-7-11(10(2)18(9)6-5-13(21)25-4)12(20)8-19-15(23)14(22)17(3)16(19)24/h7H,5-6,8H2,1-4H3. The molecule has 0 aromatic carbocycles. The van der Waals surface area contributed by atoms with E-state index in [-0.39, 0.29) is 12.4 Å². The molecule has 0 bridgehead atoms. The molecule has 1 aliphatic heterocycles. The molecule has 0 atom stereocenters. The zero-order valence-electron chi connectivity index (χ0n) is 14.5. The van der Waals surface area contributed by atoms with Crippen LogP contribution in [-0.4, -0.2) is 64.7 Å². The largest absolute Gasteiger partial charge is 0.469 e. The maximum atomic E-state index is 12.5. The molecule has 4 amide bonds. The molecule has 1 aliphatic rings. The summed E-state index contributed by atoms with van der Waals surface area (Å²) in [6.07, 6.45) is 0.156. The van der Waals surface area contributed by atoms with Crippen LogP contribution in [0.2, 0.25) is 0 Å². The van der Waals surface area contributed by atoms with Gasteiger partial charge in [-0.3, -0.25) is 24.1 Å². The minimum Gasteiger partial charge on any atom is -0.469 e. The van der Waals surface area contributed by atoms with Crippen LogP contribution in [0.4, 0.5) is 4.79 Å². The number of likely N-dealkylation sites (N-methyl/N-ethyl adjacent to an activating group) is 1. The molecule has 0 radical (unpaired) electrons. The molecule has 2 rings (SSSR count). The number of hydrogen-bond donors (Lipinski definition) is 0. The van der Waals surface area contributed by atoms with E-state index in [2.05, 4.69) is 4.74 Å². The van der Waals surface area contributed by atoms with E-state index in [1.807, 2.05) is 0 Å². The van der Waals surface area contributed by atoms with E-state index in [4.69, 9.17) is 0 Å². The Morgan fingerprint density at radius 3 is 2.28 bits per heavy atom. The van der Waals surface area contributed by atoms with Crippen LogP contribution in [0.3, 0.4) is 0 Å². The van der Waals surface area contributed by atoms with Gasteiger partial charge in [0.2, 0.25) is 0 Å². The van der Waals surface area contributed by atoms with Crippen molar-refractivity contribution in [1.29, 1.82) is 0 Å². The molecule has 0 spiro atoms. The number of urea groups is 1. The summed E-state index contributed by atoms with van der Waals surface area (Å²) in [5.41, 5.74) is 1.71. The zero-order chi connectivity index (χ0) is 18.9. The van der Waals surface area contributed by atoms with Gasteiger partial charge < -0.3 is 9.30 Å². The molecule has 9 nitrogen and oxygen atoms in total. The Morgan fingerprint density at radius 2 is 1.76 bits per heavy atom. The van der Waals surface area contributed by atoms with Crippen LogP contribution in [-0.2, 0) is 25.7 Å². The number of aryl methyl sites for hydroxylation is 1. The number of hydrogen-bond acceptors (Lipinski definition) is 6. The first-order valence-corrected chi connectivity index (χ1v) is 7.59. The Bertz CT molecular complexity index is 779. The summed E-state index contributed by atoms with van der Waals surface area (Å²) in [4.78, 5) is 60.2. The molecule has 1 saturated heterocycles. The Hall–Kier alpha value is -2.97. The van der Waals surface area contributed by atoms with Gasteiger partial charge in [-0.2, -0.15) is 0 Å². The highest BCUT2D eigenvalue weighted by Crippen LogP contribution is 2.18. The van der Waals surface area contributed by atoms with Gasteiger partial charge in [0.1, 0.15) is 0 Å². The van der Waals surface area contributed by atoms with E-state index in [1.54, 1.807) is 24.5 Å². The first-order chi connectivity index (χ1) is 11.7. The van der Waals surface area contributed by atoms with Crippen molar-refractivity contribution in [1.82, 2.24) is 14.4 Å². The molecule has 2 heterocycles. The van der Waals surface area contributed by atoms with Crippen molar-refractivity contribution >= 4 is 29.6 Å². The molecule has 134 valence electrons. The fourth-order valence-electron chi connectivity index (χ4n) is 2.71. The third-order valence-corrected chi connectivity index (χ3v) is 4.19. The minimum absolute atomic E-state index is 0.156. The number of methoxy groups -OCH3 is 1. The van der Waals surface area contributed by atoms with Gasteiger partial charge >= 0.3 is 23.8 Å². The van der Waals surface area contributed by atoms with Crippen LogP contribution in [0.15, 0.2) is 6.07 Å². The van der Waals surface area contributed by atoms with Crippen LogP contribution < -0.4 is 0 Å². The molecule has 0 aliphatic carbocycles. The van der Waals surface area contributed by atoms with Gasteiger partial charge in [-0.1, -0.05) is 0 Å². The lowest BCUT2D eigenvalue weighted by Gasteiger charge is -2.12. The number of nitrogens with zero attached hydrogens (tertiary/aromatic N) is 3. The molecular formula is C16H19N3O6. The lowest BCUT2D eigenvalue weighted by Crippen LogP contribution is -2.36. The Kier molecular flexibility index (Phi) is 5.05. The van der Waals surface area contributed by atoms with Gasteiger partial charge in [0.15, 0.2) is 5.78 Å². The minimum atomic E-state index is -1.01. The van der Waals surface area contributed by atoms with Crippen LogP contribution in [0.5, 0.6) is 0 Å². The molecular weight excluding hydrogens is 330 g/mol. The first-order valence-electron chi connectivity index (χ1n) is 7.59. The van der Waals surface area contributed by atoms with Gasteiger partial charge in [0.05, 0.1) is 20.1 Å². The average Bonchev–Trinajstić information content (AvgIpc) is 2.96. The predicted molar refractivity (Wildman–Crippen MR) is 84.7 cm³/mol. The monoisotopic (exact) mass is 349 g/mol. The summed E-state index contributed by atoms with van der Waals surface area (Å²) in [5.74, 6) is -2.79. The molecule has 1 fully saturated rings. The van der Waals surface area contributed by atoms with E-state index in [0.717, 1.165) is 5.69 Å². The van der Waals surface area contributed by atoms with E-state index >= 15 is 0 Å². The fourth-order valence-corrected chi connectivity index (χ4v) is 2.71. The van der Waals surface area contributed by atoms with E-state index < -0.39 is 30.2 Å². The van der Waals surface area contributed by atoms with Crippen molar-refractivity contribution in [3.63, 3.8) is 0 Å². The lowest BCUT2D eigenvalue weighted by molar-refractivity contribution is -0.142. The quantitative estimate of drug-likeness (QED) is 0.316. The molecule has 0 unspecified atom stereocenters. The number of ketones is 1. The Balaban J connectivity index is 2.18. The summed E-state index contributed by atoms with van der Waals surface area (Å²) in [5, 5.41) is 0. The molecule has 9 heteroatoms. The third kappa shape index (κ3) is 3.30. The Morgan fingerprint density at radius 1 is 1.12 bits per heavy atom. The second-order valence-electron chi connectivity index (χ2n) is 5.72. The van der Waals surface area contributed by atoms with Crippen molar-refractivity contribution in [2.75, 3.05) is 20.7 Å². The van der Waals surface area contributed by atoms with Gasteiger partial charge in [0.25, 0.3) is 0 Å². The molecule has 0 N–H and O–H groups in total. The summed E-state index contributed by atoms with van der Waals surface area (Å²) in [7, 11) is 2.49. The lowest BCUT2D eigenvalue weighted by atomic mass is 10.1. The summed E-state index contributed by atoms with van der Waals surface area (Å²) in [6, 6.07) is 0.814. The maximum Gasteiger partial charge on any atom is 0.334 e. The molecule has 1 aromatic rings. The second-order valence-corrected chi connectivity index (χ2v) is 5.72. The predicted octanol–water partition coefficient (Wildman–Crippen LogP) is 0.271. The molecule has 0 saturated carbocycles. The number of carbonyl (C=O) groups excluding carboxylic acids is 5. The Labute approximate surface area is 144 Å². The third-order valence-electron chi connectivity index (χ3n) is 4.19. The number of Topliss-reactive ketones (excluding diaryl/α,β-unsaturated/α-hetero) is 1. The number of carbonyl (C=O) groups is 5. The highest BCUT2D eigenvalue weighted by atomic mass is 16.5. The summed E-state index contributed by atoms with van der Waals surface area (Å²) < 4.78 is 6.39. The van der Waals surface area contributed by atoms with Crippen LogP contribution in [0, 0.1) is 13.8 Å². The normalized spacial score (nSPS) is 14.5. The first kappa shape index (κ1) is 18.4. The van der Waals surface area contributed by atoms with E-state index in [0.29, 0.717) is 27.6 Å². The van der Waals surface area contributed by atoms with Crippen molar-refractivity contribution in [2.45, 2.75) is 26.8 Å². The van der Waals surface area contributed by atoms with Crippen molar-refractivity contribution < 1.29 is 28.7 Å². The SMILES string of the molecule is COC(=O)CCn1c(C)cc(C(=O)CN2C(=O)C(=O)N(C)C2=O)c1C. The van der Waals surface area contributed by atoms with Crippen LogP contribution >= 0.6 is 0 Å². The van der Waals surface area contributed by atoms with E-state index in [9.17, 15) is 24.0 Å². The van der Waals surface area contributed by atoms with Crippen molar-refractivity contribution in [3.05, 3.63) is 23.0 Å². The zero-order valence-corrected chi connectivity index (χ0v) is 14.5. The van der Waals surface area contributed by atoms with Crippen molar-refractivity contribution in [2.24, 2.45) is 0 Å². The summed E-state index contributed by atoms with van der Waals surface area (Å²) >= 11 is 0. The van der Waals surface area contributed by atoms with Crippen LogP contribution in [0.1, 0.15) is 28.2 Å². The number of aromatic nitrogens is 1. The van der Waals surface area contributed by atoms with Gasteiger partial charge in [0, 0.05) is 30.5 Å². The van der Waals surface area contributed by atoms with Gasteiger partial charge in [-0.05, 0) is 19.9 Å². The highest BCUT2D eigenvalue weighted by molar-refractivity contribution is 6.45. The highest BCUT2D eigenvalue weighted by Gasteiger charge is 2.43.